The minimum absolute atomic E-state index is 0.0191. The first kappa shape index (κ1) is 14.8. The van der Waals surface area contributed by atoms with Gasteiger partial charge in [0, 0.05) is 19.8 Å². The van der Waals surface area contributed by atoms with Gasteiger partial charge in [-0.25, -0.2) is 0 Å². The molecule has 4 nitrogen and oxygen atoms in total. The lowest BCUT2D eigenvalue weighted by molar-refractivity contribution is -0.0236. The smallest absolute Gasteiger partial charge is 0.0930 e. The first-order valence-electron chi connectivity index (χ1n) is 5.82. The Morgan fingerprint density at radius 1 is 1.07 bits per heavy atom. The van der Waals surface area contributed by atoms with Crippen molar-refractivity contribution in [2.75, 3.05) is 39.6 Å². The van der Waals surface area contributed by atoms with E-state index in [4.69, 9.17) is 19.9 Å². The van der Waals surface area contributed by atoms with Crippen molar-refractivity contribution in [2.45, 2.75) is 32.8 Å². The lowest BCUT2D eigenvalue weighted by Crippen LogP contribution is -2.29. The molecule has 1 atom stereocenters. The Hall–Kier alpha value is -0.160. The molecule has 2 N–H and O–H groups in total. The normalized spacial score (nSPS) is 13.0. The third-order valence-electron chi connectivity index (χ3n) is 1.98. The molecule has 0 saturated carbocycles. The maximum Gasteiger partial charge on any atom is 0.0930 e. The second kappa shape index (κ2) is 11.9. The van der Waals surface area contributed by atoms with Gasteiger partial charge in [0.15, 0.2) is 0 Å². The van der Waals surface area contributed by atoms with Gasteiger partial charge in [0.2, 0.25) is 0 Å². The van der Waals surface area contributed by atoms with Gasteiger partial charge in [0.05, 0.1) is 25.9 Å². The van der Waals surface area contributed by atoms with Crippen molar-refractivity contribution in [1.29, 1.82) is 0 Å². The Balaban J connectivity index is 3.14. The highest BCUT2D eigenvalue weighted by atomic mass is 16.5. The van der Waals surface area contributed by atoms with Crippen LogP contribution in [0.3, 0.4) is 0 Å². The molecular weight excluding hydrogens is 194 g/mol. The van der Waals surface area contributed by atoms with Crippen LogP contribution in [0.2, 0.25) is 0 Å². The Morgan fingerprint density at radius 3 is 2.40 bits per heavy atom. The van der Waals surface area contributed by atoms with E-state index >= 15 is 0 Å². The predicted octanol–water partition coefficient (Wildman–Crippen LogP) is 1.18. The standard InChI is InChI=1S/C11H25NO3/c1-3-5-6-13-7-8-14-10-11(9-12)15-4-2/h11H,3-10,12H2,1-2H3. The molecular formula is C11H25NO3. The van der Waals surface area contributed by atoms with Crippen LogP contribution in [0, 0.1) is 0 Å². The lowest BCUT2D eigenvalue weighted by atomic mass is 10.4. The first-order chi connectivity index (χ1) is 7.35. The zero-order valence-electron chi connectivity index (χ0n) is 10.0. The van der Waals surface area contributed by atoms with E-state index < -0.39 is 0 Å². The second-order valence-electron chi connectivity index (χ2n) is 3.35. The van der Waals surface area contributed by atoms with Gasteiger partial charge in [0.1, 0.15) is 0 Å². The van der Waals surface area contributed by atoms with E-state index in [0.29, 0.717) is 33.0 Å². The van der Waals surface area contributed by atoms with Crippen LogP contribution < -0.4 is 5.73 Å². The van der Waals surface area contributed by atoms with E-state index in [1.165, 1.54) is 6.42 Å². The van der Waals surface area contributed by atoms with Gasteiger partial charge in [-0.3, -0.25) is 0 Å². The number of unbranched alkanes of at least 4 members (excludes halogenated alkanes) is 1. The molecule has 0 saturated heterocycles. The number of hydrogen-bond acceptors (Lipinski definition) is 4. The van der Waals surface area contributed by atoms with Crippen LogP contribution >= 0.6 is 0 Å². The zero-order valence-corrected chi connectivity index (χ0v) is 10.0. The van der Waals surface area contributed by atoms with Gasteiger partial charge in [-0.15, -0.1) is 0 Å². The molecule has 15 heavy (non-hydrogen) atoms. The van der Waals surface area contributed by atoms with Crippen LogP contribution in [0.5, 0.6) is 0 Å². The monoisotopic (exact) mass is 219 g/mol. The van der Waals surface area contributed by atoms with Crippen molar-refractivity contribution in [3.8, 4) is 0 Å². The van der Waals surface area contributed by atoms with E-state index in [9.17, 15) is 0 Å². The Kier molecular flexibility index (Phi) is 11.8. The molecule has 0 aromatic heterocycles. The summed E-state index contributed by atoms with van der Waals surface area (Å²) < 4.78 is 16.1. The van der Waals surface area contributed by atoms with Crippen molar-refractivity contribution in [2.24, 2.45) is 5.73 Å². The average molecular weight is 219 g/mol. The van der Waals surface area contributed by atoms with E-state index in [0.717, 1.165) is 13.0 Å². The van der Waals surface area contributed by atoms with Crippen LogP contribution in [0.15, 0.2) is 0 Å². The summed E-state index contributed by atoms with van der Waals surface area (Å²) >= 11 is 0. The van der Waals surface area contributed by atoms with Crippen molar-refractivity contribution < 1.29 is 14.2 Å². The van der Waals surface area contributed by atoms with Gasteiger partial charge >= 0.3 is 0 Å². The highest BCUT2D eigenvalue weighted by molar-refractivity contribution is 4.55. The fraction of sp³-hybridized carbons (Fsp3) is 1.00. The number of nitrogens with two attached hydrogens (primary N) is 1. The topological polar surface area (TPSA) is 53.7 Å². The quantitative estimate of drug-likeness (QED) is 0.530. The van der Waals surface area contributed by atoms with Crippen molar-refractivity contribution in [3.05, 3.63) is 0 Å². The molecule has 1 unspecified atom stereocenters. The summed E-state index contributed by atoms with van der Waals surface area (Å²) in [5, 5.41) is 0. The number of hydrogen-bond donors (Lipinski definition) is 1. The summed E-state index contributed by atoms with van der Waals surface area (Å²) in [5.74, 6) is 0. The van der Waals surface area contributed by atoms with E-state index in [-0.39, 0.29) is 6.10 Å². The summed E-state index contributed by atoms with van der Waals surface area (Å²) in [4.78, 5) is 0. The molecule has 0 bridgehead atoms. The SMILES string of the molecule is CCCCOCCOCC(CN)OCC. The van der Waals surface area contributed by atoms with Crippen molar-refractivity contribution in [3.63, 3.8) is 0 Å². The molecule has 92 valence electrons. The Bertz CT molecular complexity index is 122. The Labute approximate surface area is 93.1 Å². The summed E-state index contributed by atoms with van der Waals surface area (Å²) in [6, 6.07) is 0. The third kappa shape index (κ3) is 10.1. The van der Waals surface area contributed by atoms with E-state index in [2.05, 4.69) is 6.92 Å². The molecule has 0 aliphatic heterocycles. The highest BCUT2D eigenvalue weighted by Crippen LogP contribution is 1.92. The van der Waals surface area contributed by atoms with Gasteiger partial charge in [0.25, 0.3) is 0 Å². The van der Waals surface area contributed by atoms with Crippen LogP contribution in [0.4, 0.5) is 0 Å². The van der Waals surface area contributed by atoms with Crippen LogP contribution in [-0.2, 0) is 14.2 Å². The van der Waals surface area contributed by atoms with E-state index in [1.54, 1.807) is 0 Å². The molecule has 0 aliphatic carbocycles. The van der Waals surface area contributed by atoms with Crippen molar-refractivity contribution in [1.82, 2.24) is 0 Å². The van der Waals surface area contributed by atoms with Gasteiger partial charge < -0.3 is 19.9 Å². The summed E-state index contributed by atoms with van der Waals surface area (Å²) in [6.45, 7) is 7.94. The molecule has 0 radical (unpaired) electrons. The predicted molar refractivity (Wildman–Crippen MR) is 61.0 cm³/mol. The number of rotatable bonds is 11. The fourth-order valence-corrected chi connectivity index (χ4v) is 1.10. The molecule has 0 heterocycles. The maximum absolute atomic E-state index is 5.50. The van der Waals surface area contributed by atoms with Crippen molar-refractivity contribution >= 4 is 0 Å². The minimum atomic E-state index is 0.0191. The first-order valence-corrected chi connectivity index (χ1v) is 5.82. The molecule has 4 heteroatoms. The van der Waals surface area contributed by atoms with Gasteiger partial charge in [-0.1, -0.05) is 13.3 Å². The van der Waals surface area contributed by atoms with E-state index in [1.807, 2.05) is 6.92 Å². The zero-order chi connectivity index (χ0) is 11.4. The summed E-state index contributed by atoms with van der Waals surface area (Å²) in [7, 11) is 0. The minimum Gasteiger partial charge on any atom is -0.379 e. The van der Waals surface area contributed by atoms with Gasteiger partial charge in [-0.05, 0) is 13.3 Å². The van der Waals surface area contributed by atoms with Gasteiger partial charge in [-0.2, -0.15) is 0 Å². The molecule has 0 amide bonds. The molecule has 0 aromatic rings. The fourth-order valence-electron chi connectivity index (χ4n) is 1.10. The summed E-state index contributed by atoms with van der Waals surface area (Å²) in [6.07, 6.45) is 2.30. The molecule has 0 aliphatic rings. The average Bonchev–Trinajstić information content (AvgIpc) is 2.26. The Morgan fingerprint density at radius 2 is 1.80 bits per heavy atom. The molecule has 0 fully saturated rings. The lowest BCUT2D eigenvalue weighted by Gasteiger charge is -2.14. The third-order valence-corrected chi connectivity index (χ3v) is 1.98. The largest absolute Gasteiger partial charge is 0.379 e. The van der Waals surface area contributed by atoms with Crippen LogP contribution in [0.1, 0.15) is 26.7 Å². The molecule has 0 spiro atoms. The van der Waals surface area contributed by atoms with Crippen LogP contribution in [-0.4, -0.2) is 45.7 Å². The summed E-state index contributed by atoms with van der Waals surface area (Å²) in [5.41, 5.74) is 5.50. The van der Waals surface area contributed by atoms with Crippen LogP contribution in [0.25, 0.3) is 0 Å². The maximum atomic E-state index is 5.50. The number of ether oxygens (including phenoxy) is 3. The molecule has 0 rings (SSSR count). The second-order valence-corrected chi connectivity index (χ2v) is 3.35. The highest BCUT2D eigenvalue weighted by Gasteiger charge is 2.04. The molecule has 0 aromatic carbocycles.